The Morgan fingerprint density at radius 2 is 2.32 bits per heavy atom. The van der Waals surface area contributed by atoms with E-state index in [9.17, 15) is 4.79 Å². The highest BCUT2D eigenvalue weighted by Crippen LogP contribution is 2.52. The molecule has 2 bridgehead atoms. The third-order valence-corrected chi connectivity index (χ3v) is 5.07. The van der Waals surface area contributed by atoms with Crippen LogP contribution in [0, 0.1) is 23.2 Å². The molecule has 0 aromatic rings. The average Bonchev–Trinajstić information content (AvgIpc) is 2.34. The van der Waals surface area contributed by atoms with Gasteiger partial charge in [-0.25, -0.2) is 0 Å². The van der Waals surface area contributed by atoms with Crippen LogP contribution in [0.1, 0.15) is 27.7 Å². The summed E-state index contributed by atoms with van der Waals surface area (Å²) in [5.74, 6) is 0.896. The summed E-state index contributed by atoms with van der Waals surface area (Å²) in [6.45, 7) is 13.0. The average molecular weight is 264 g/mol. The molecule has 0 unspecified atom stereocenters. The first-order valence-electron chi connectivity index (χ1n) is 6.98. The normalized spacial score (nSPS) is 41.4. The highest BCUT2D eigenvalue weighted by atomic mass is 16.5. The van der Waals surface area contributed by atoms with Crippen molar-refractivity contribution in [3.63, 3.8) is 0 Å². The first kappa shape index (κ1) is 14.3. The number of esters is 1. The van der Waals surface area contributed by atoms with E-state index in [-0.39, 0.29) is 17.5 Å². The molecular formula is C16H24O3. The molecule has 0 radical (unpaired) electrons. The van der Waals surface area contributed by atoms with Crippen molar-refractivity contribution in [3.05, 3.63) is 24.3 Å². The van der Waals surface area contributed by atoms with E-state index >= 15 is 0 Å². The lowest BCUT2D eigenvalue weighted by molar-refractivity contribution is -0.171. The molecule has 0 amide bonds. The first-order valence-corrected chi connectivity index (χ1v) is 6.98. The van der Waals surface area contributed by atoms with Crippen molar-refractivity contribution < 1.29 is 14.3 Å². The van der Waals surface area contributed by atoms with Gasteiger partial charge in [0.2, 0.25) is 0 Å². The van der Waals surface area contributed by atoms with Gasteiger partial charge in [0.1, 0.15) is 0 Å². The van der Waals surface area contributed by atoms with Crippen molar-refractivity contribution in [1.82, 2.24) is 0 Å². The molecule has 2 aliphatic rings. The highest BCUT2D eigenvalue weighted by Gasteiger charge is 2.53. The van der Waals surface area contributed by atoms with Crippen LogP contribution in [0.3, 0.4) is 0 Å². The number of allylic oxidation sites excluding steroid dienone is 1. The molecule has 3 nitrogen and oxygen atoms in total. The van der Waals surface area contributed by atoms with Crippen molar-refractivity contribution in [1.29, 1.82) is 0 Å². The van der Waals surface area contributed by atoms with Crippen LogP contribution >= 0.6 is 0 Å². The van der Waals surface area contributed by atoms with Gasteiger partial charge in [-0.05, 0) is 18.8 Å². The number of rotatable bonds is 3. The largest absolute Gasteiger partial charge is 0.465 e. The maximum atomic E-state index is 11.1. The lowest BCUT2D eigenvalue weighted by Gasteiger charge is -2.54. The fourth-order valence-electron chi connectivity index (χ4n) is 3.75. The second kappa shape index (κ2) is 5.12. The van der Waals surface area contributed by atoms with Gasteiger partial charge in [0.25, 0.3) is 0 Å². The minimum Gasteiger partial charge on any atom is -0.465 e. The molecule has 19 heavy (non-hydrogen) atoms. The standard InChI is InChI=1S/C16H24O3/c1-6-14-15-10(2)7-11(3)16(9-19-14,12(15)4)8-18-13(5)17/h6-7,11-12,14-15H,1,8-9H2,2-5H3/t11-,12+,14-,15-,16-/m1/s1. The number of ether oxygens (including phenoxy) is 2. The number of carbonyl (C=O) groups is 1. The van der Waals surface area contributed by atoms with Gasteiger partial charge in [-0.1, -0.05) is 31.6 Å². The molecule has 0 saturated carbocycles. The van der Waals surface area contributed by atoms with Crippen LogP contribution < -0.4 is 0 Å². The Morgan fingerprint density at radius 1 is 1.63 bits per heavy atom. The SMILES string of the molecule is C=C[C@H]1OC[C@]2(COC(C)=O)[C@H](C)C=C(C)[C@@H]1[C@@H]2C. The number of hydrogen-bond acceptors (Lipinski definition) is 3. The zero-order valence-electron chi connectivity index (χ0n) is 12.3. The molecular weight excluding hydrogens is 240 g/mol. The molecule has 0 spiro atoms. The van der Waals surface area contributed by atoms with E-state index in [0.717, 1.165) is 0 Å². The van der Waals surface area contributed by atoms with Crippen LogP contribution in [-0.2, 0) is 14.3 Å². The van der Waals surface area contributed by atoms with Gasteiger partial charge >= 0.3 is 5.97 Å². The Balaban J connectivity index is 2.33. The molecule has 106 valence electrons. The highest BCUT2D eigenvalue weighted by molar-refractivity contribution is 5.65. The zero-order chi connectivity index (χ0) is 14.2. The predicted molar refractivity (Wildman–Crippen MR) is 74.6 cm³/mol. The van der Waals surface area contributed by atoms with Crippen molar-refractivity contribution in [2.75, 3.05) is 13.2 Å². The molecule has 1 aliphatic carbocycles. The maximum Gasteiger partial charge on any atom is 0.302 e. The van der Waals surface area contributed by atoms with E-state index in [1.165, 1.54) is 12.5 Å². The zero-order valence-corrected chi connectivity index (χ0v) is 12.3. The number of hydrogen-bond donors (Lipinski definition) is 0. The smallest absolute Gasteiger partial charge is 0.302 e. The summed E-state index contributed by atoms with van der Waals surface area (Å²) in [5.41, 5.74) is 1.26. The summed E-state index contributed by atoms with van der Waals surface area (Å²) in [7, 11) is 0. The van der Waals surface area contributed by atoms with Crippen LogP contribution in [-0.4, -0.2) is 25.3 Å². The molecule has 0 N–H and O–H groups in total. The summed E-state index contributed by atoms with van der Waals surface area (Å²) in [6, 6.07) is 0. The van der Waals surface area contributed by atoms with E-state index in [0.29, 0.717) is 31.0 Å². The van der Waals surface area contributed by atoms with E-state index in [2.05, 4.69) is 33.4 Å². The molecule has 5 atom stereocenters. The molecule has 1 fully saturated rings. The van der Waals surface area contributed by atoms with Gasteiger partial charge in [-0.2, -0.15) is 0 Å². The van der Waals surface area contributed by atoms with Gasteiger partial charge in [0.05, 0.1) is 19.3 Å². The predicted octanol–water partition coefficient (Wildman–Crippen LogP) is 2.97. The van der Waals surface area contributed by atoms with E-state index < -0.39 is 0 Å². The molecule has 0 aromatic carbocycles. The van der Waals surface area contributed by atoms with Crippen LogP contribution in [0.5, 0.6) is 0 Å². The fraction of sp³-hybridized carbons (Fsp3) is 0.688. The van der Waals surface area contributed by atoms with Crippen LogP contribution in [0.15, 0.2) is 24.3 Å². The summed E-state index contributed by atoms with van der Waals surface area (Å²) in [5, 5.41) is 0. The molecule has 1 saturated heterocycles. The van der Waals surface area contributed by atoms with Crippen molar-refractivity contribution in [2.24, 2.45) is 23.2 Å². The Labute approximate surface area is 115 Å². The van der Waals surface area contributed by atoms with Gasteiger partial charge in [-0.15, -0.1) is 6.58 Å². The van der Waals surface area contributed by atoms with E-state index in [1.807, 2.05) is 6.08 Å². The Morgan fingerprint density at radius 3 is 2.89 bits per heavy atom. The van der Waals surface area contributed by atoms with E-state index in [4.69, 9.17) is 9.47 Å². The van der Waals surface area contributed by atoms with Crippen LogP contribution in [0.25, 0.3) is 0 Å². The quantitative estimate of drug-likeness (QED) is 0.580. The third kappa shape index (κ3) is 2.25. The molecule has 0 aromatic heterocycles. The molecule has 1 aliphatic heterocycles. The van der Waals surface area contributed by atoms with Crippen LogP contribution in [0.2, 0.25) is 0 Å². The van der Waals surface area contributed by atoms with Crippen LogP contribution in [0.4, 0.5) is 0 Å². The first-order chi connectivity index (χ1) is 8.92. The van der Waals surface area contributed by atoms with E-state index in [1.54, 1.807) is 0 Å². The molecule has 3 heteroatoms. The number of carbonyl (C=O) groups excluding carboxylic acids is 1. The van der Waals surface area contributed by atoms with Gasteiger partial charge < -0.3 is 9.47 Å². The monoisotopic (exact) mass is 264 g/mol. The Bertz CT molecular complexity index is 412. The van der Waals surface area contributed by atoms with Gasteiger partial charge in [-0.3, -0.25) is 4.79 Å². The summed E-state index contributed by atoms with van der Waals surface area (Å²) in [6.07, 6.45) is 4.28. The van der Waals surface area contributed by atoms with Crippen molar-refractivity contribution >= 4 is 5.97 Å². The fourth-order valence-corrected chi connectivity index (χ4v) is 3.75. The third-order valence-electron chi connectivity index (χ3n) is 5.07. The second-order valence-corrected chi connectivity index (χ2v) is 6.04. The lowest BCUT2D eigenvalue weighted by atomic mass is 9.56. The topological polar surface area (TPSA) is 35.5 Å². The molecule has 1 heterocycles. The molecule has 2 rings (SSSR count). The number of fused-ring (bicyclic) bond motifs is 2. The van der Waals surface area contributed by atoms with Crippen molar-refractivity contribution in [3.8, 4) is 0 Å². The summed E-state index contributed by atoms with van der Waals surface area (Å²) < 4.78 is 11.3. The van der Waals surface area contributed by atoms with Gasteiger partial charge in [0, 0.05) is 18.3 Å². The minimum atomic E-state index is -0.220. The van der Waals surface area contributed by atoms with Gasteiger partial charge in [0.15, 0.2) is 0 Å². The maximum absolute atomic E-state index is 11.1. The second-order valence-electron chi connectivity index (χ2n) is 6.04. The van der Waals surface area contributed by atoms with Crippen molar-refractivity contribution in [2.45, 2.75) is 33.8 Å². The summed E-state index contributed by atoms with van der Waals surface area (Å²) >= 11 is 0. The minimum absolute atomic E-state index is 0.0733. The Hall–Kier alpha value is -1.09. The lowest BCUT2D eigenvalue weighted by Crippen LogP contribution is -2.56. The summed E-state index contributed by atoms with van der Waals surface area (Å²) in [4.78, 5) is 11.1. The Kier molecular flexibility index (Phi) is 3.86.